The molecule has 13 nitrogen and oxygen atoms in total. The number of carbonyl (C=O) groups excluding carboxylic acids is 4. The van der Waals surface area contributed by atoms with Gasteiger partial charge >= 0.3 is 0 Å². The number of carbonyl (C=O) groups is 4. The average molecular weight is 639 g/mol. The Kier molecular flexibility index (Phi) is 9.78. The van der Waals surface area contributed by atoms with Gasteiger partial charge in [0.1, 0.15) is 24.9 Å². The number of hydrogen-bond donors (Lipinski definition) is 3. The number of methoxy groups -OCH3 is 1. The van der Waals surface area contributed by atoms with E-state index in [2.05, 4.69) is 21.1 Å². The van der Waals surface area contributed by atoms with Crippen molar-refractivity contribution in [3.8, 4) is 0 Å². The van der Waals surface area contributed by atoms with Gasteiger partial charge in [0.05, 0.1) is 30.6 Å². The molecule has 4 aromatic rings. The highest BCUT2D eigenvalue weighted by Crippen LogP contribution is 2.33. The van der Waals surface area contributed by atoms with Crippen molar-refractivity contribution in [1.29, 1.82) is 0 Å². The summed E-state index contributed by atoms with van der Waals surface area (Å²) in [5.41, 5.74) is 4.56. The van der Waals surface area contributed by atoms with E-state index in [4.69, 9.17) is 14.3 Å². The maximum Gasteiger partial charge on any atom is 0.271 e. The zero-order valence-electron chi connectivity index (χ0n) is 25.6. The van der Waals surface area contributed by atoms with Gasteiger partial charge in [-0.15, -0.1) is 0 Å². The van der Waals surface area contributed by atoms with Crippen LogP contribution in [0.15, 0.2) is 91.1 Å². The summed E-state index contributed by atoms with van der Waals surface area (Å²) in [7, 11) is 1.40. The summed E-state index contributed by atoms with van der Waals surface area (Å²) in [5, 5.41) is 7.10. The monoisotopic (exact) mass is 638 g/mol. The van der Waals surface area contributed by atoms with E-state index in [0.717, 1.165) is 10.9 Å². The molecule has 1 saturated heterocycles. The van der Waals surface area contributed by atoms with E-state index in [1.807, 2.05) is 42.5 Å². The number of nitrogens with zero attached hydrogens (tertiary/aromatic N) is 3. The van der Waals surface area contributed by atoms with Crippen LogP contribution in [0.1, 0.15) is 16.1 Å². The Morgan fingerprint density at radius 3 is 2.51 bits per heavy atom. The second-order valence-corrected chi connectivity index (χ2v) is 11.1. The zero-order chi connectivity index (χ0) is 32.8. The van der Waals surface area contributed by atoms with Gasteiger partial charge < -0.3 is 25.0 Å². The Bertz CT molecular complexity index is 1770. The smallest absolute Gasteiger partial charge is 0.271 e. The molecule has 3 unspecified atom stereocenters. The van der Waals surface area contributed by atoms with Gasteiger partial charge in [0.2, 0.25) is 5.91 Å². The number of anilines is 2. The molecule has 3 aromatic carbocycles. The van der Waals surface area contributed by atoms with Gasteiger partial charge in [-0.25, -0.2) is 0 Å². The van der Waals surface area contributed by atoms with Crippen molar-refractivity contribution in [2.45, 2.75) is 25.0 Å². The molecule has 47 heavy (non-hydrogen) atoms. The molecule has 0 aliphatic carbocycles. The summed E-state index contributed by atoms with van der Waals surface area (Å²) < 4.78 is 11.0. The maximum absolute atomic E-state index is 14.2. The molecule has 3 heterocycles. The molecule has 2 aliphatic heterocycles. The molecule has 0 bridgehead atoms. The number of hydroxylamine groups is 1. The predicted octanol–water partition coefficient (Wildman–Crippen LogP) is 1.92. The van der Waals surface area contributed by atoms with Crippen LogP contribution in [-0.2, 0) is 35.3 Å². The molecule has 1 aromatic heterocycles. The minimum atomic E-state index is -1.22. The molecule has 13 heteroatoms. The van der Waals surface area contributed by atoms with Gasteiger partial charge in [-0.3, -0.25) is 33.9 Å². The van der Waals surface area contributed by atoms with Crippen LogP contribution in [0.5, 0.6) is 0 Å². The van der Waals surface area contributed by atoms with E-state index in [1.165, 1.54) is 23.1 Å². The van der Waals surface area contributed by atoms with E-state index < -0.39 is 48.5 Å². The molecule has 6 rings (SSSR count). The van der Waals surface area contributed by atoms with E-state index in [1.54, 1.807) is 42.5 Å². The third-order valence-electron chi connectivity index (χ3n) is 7.89. The Balaban J connectivity index is 1.24. The molecular formula is C34H34N6O7. The highest BCUT2D eigenvalue weighted by Gasteiger charge is 2.39. The number of benzene rings is 3. The average Bonchev–Trinajstić information content (AvgIpc) is 3.50. The lowest BCUT2D eigenvalue weighted by atomic mass is 10.1. The standard InChI is InChI=1S/C34H34N6O7/c1-45-21-30(42)39-18-26(38-32(43)31-24-12-6-5-11-23(24)15-16-35-31)33(44)40(28-14-8-7-13-27(28)39)19-29(41)37-25-17-36-47-34(25)46-20-22-9-3-2-4-10-22/h2-16,25-26,34,36H,17-21H2,1H3,(H,37,41)(H,38,43). The molecule has 0 saturated carbocycles. The van der Waals surface area contributed by atoms with Crippen molar-refractivity contribution >= 4 is 45.8 Å². The van der Waals surface area contributed by atoms with Crippen molar-refractivity contribution in [2.75, 3.05) is 43.2 Å². The molecule has 3 atom stereocenters. The second kappa shape index (κ2) is 14.5. The molecule has 4 amide bonds. The van der Waals surface area contributed by atoms with Crippen molar-refractivity contribution < 1.29 is 33.5 Å². The third-order valence-corrected chi connectivity index (χ3v) is 7.89. The highest BCUT2D eigenvalue weighted by atomic mass is 16.8. The summed E-state index contributed by atoms with van der Waals surface area (Å²) in [6, 6.07) is 23.6. The highest BCUT2D eigenvalue weighted by molar-refractivity contribution is 6.12. The van der Waals surface area contributed by atoms with Gasteiger partial charge in [-0.05, 0) is 29.1 Å². The number of hydrogen-bond acceptors (Lipinski definition) is 9. The Morgan fingerprint density at radius 2 is 1.70 bits per heavy atom. The fourth-order valence-electron chi connectivity index (χ4n) is 5.64. The van der Waals surface area contributed by atoms with Gasteiger partial charge in [-0.2, -0.15) is 5.48 Å². The van der Waals surface area contributed by atoms with Gasteiger partial charge in [0, 0.05) is 25.2 Å². The van der Waals surface area contributed by atoms with Crippen molar-refractivity contribution in [3.63, 3.8) is 0 Å². The van der Waals surface area contributed by atoms with Crippen molar-refractivity contribution in [3.05, 3.63) is 102 Å². The van der Waals surface area contributed by atoms with E-state index >= 15 is 0 Å². The van der Waals surface area contributed by atoms with Gasteiger partial charge in [0.25, 0.3) is 17.7 Å². The SMILES string of the molecule is COCC(=O)N1CC(NC(=O)c2nccc3ccccc23)C(=O)N(CC(=O)NC2CNOC2OCc2ccccc2)c2ccccc21. The number of aromatic nitrogens is 1. The van der Waals surface area contributed by atoms with Crippen LogP contribution >= 0.6 is 0 Å². The summed E-state index contributed by atoms with van der Waals surface area (Å²) in [4.78, 5) is 67.1. The fraction of sp³-hybridized carbons (Fsp3) is 0.265. The Labute approximate surface area is 270 Å². The molecule has 242 valence electrons. The first-order chi connectivity index (χ1) is 22.9. The molecule has 2 aliphatic rings. The second-order valence-electron chi connectivity index (χ2n) is 11.1. The minimum Gasteiger partial charge on any atom is -0.375 e. The zero-order valence-corrected chi connectivity index (χ0v) is 25.6. The number of rotatable bonds is 10. The van der Waals surface area contributed by atoms with Crippen molar-refractivity contribution in [2.24, 2.45) is 0 Å². The van der Waals surface area contributed by atoms with Crippen LogP contribution in [-0.4, -0.2) is 80.3 Å². The third kappa shape index (κ3) is 7.13. The van der Waals surface area contributed by atoms with Gasteiger partial charge in [0.15, 0.2) is 6.29 Å². The minimum absolute atomic E-state index is 0.131. The van der Waals surface area contributed by atoms with Crippen LogP contribution < -0.4 is 25.9 Å². The summed E-state index contributed by atoms with van der Waals surface area (Å²) in [6.45, 7) is -0.291. The summed E-state index contributed by atoms with van der Waals surface area (Å²) >= 11 is 0. The largest absolute Gasteiger partial charge is 0.375 e. The van der Waals surface area contributed by atoms with E-state index in [9.17, 15) is 19.2 Å². The van der Waals surface area contributed by atoms with Crippen molar-refractivity contribution in [1.82, 2.24) is 21.1 Å². The first-order valence-corrected chi connectivity index (χ1v) is 15.1. The first-order valence-electron chi connectivity index (χ1n) is 15.1. The summed E-state index contributed by atoms with van der Waals surface area (Å²) in [5.74, 6) is -2.08. The number of para-hydroxylation sites is 2. The predicted molar refractivity (Wildman–Crippen MR) is 172 cm³/mol. The number of fused-ring (bicyclic) bond motifs is 2. The molecule has 0 spiro atoms. The number of amides is 4. The number of nitrogens with one attached hydrogen (secondary N) is 3. The molecule has 0 radical (unpaired) electrons. The maximum atomic E-state index is 14.2. The lowest BCUT2D eigenvalue weighted by molar-refractivity contribution is -0.158. The van der Waals surface area contributed by atoms with Gasteiger partial charge in [-0.1, -0.05) is 66.7 Å². The van der Waals surface area contributed by atoms with Crippen LogP contribution in [0, 0.1) is 0 Å². The molecule has 3 N–H and O–H groups in total. The van der Waals surface area contributed by atoms with E-state index in [-0.39, 0.29) is 32.0 Å². The molecular weight excluding hydrogens is 604 g/mol. The van der Waals surface area contributed by atoms with Crippen LogP contribution in [0.2, 0.25) is 0 Å². The Hall–Kier alpha value is -5.21. The van der Waals surface area contributed by atoms with Crippen LogP contribution in [0.25, 0.3) is 10.8 Å². The Morgan fingerprint density at radius 1 is 0.957 bits per heavy atom. The lowest BCUT2D eigenvalue weighted by Gasteiger charge is -2.26. The number of pyridine rings is 1. The molecule has 1 fully saturated rings. The van der Waals surface area contributed by atoms with Crippen LogP contribution in [0.3, 0.4) is 0 Å². The summed E-state index contributed by atoms with van der Waals surface area (Å²) in [6.07, 6.45) is 0.750. The normalized spacial score (nSPS) is 19.3. The topological polar surface area (TPSA) is 151 Å². The number of ether oxygens (including phenoxy) is 2. The lowest BCUT2D eigenvalue weighted by Crippen LogP contribution is -2.55. The first kappa shape index (κ1) is 31.8. The quantitative estimate of drug-likeness (QED) is 0.237. The van der Waals surface area contributed by atoms with Crippen LogP contribution in [0.4, 0.5) is 11.4 Å². The fourth-order valence-corrected chi connectivity index (χ4v) is 5.64. The van der Waals surface area contributed by atoms with E-state index in [0.29, 0.717) is 16.8 Å².